The SMILES string of the molecule is CCN(Cc1cccc(CNC)c1)CC(C)C. The monoisotopic (exact) mass is 234 g/mol. The molecule has 1 aromatic rings. The Morgan fingerprint density at radius 1 is 1.24 bits per heavy atom. The van der Waals surface area contributed by atoms with Crippen LogP contribution in [-0.2, 0) is 13.1 Å². The van der Waals surface area contributed by atoms with Crippen molar-refractivity contribution < 1.29 is 0 Å². The van der Waals surface area contributed by atoms with Crippen molar-refractivity contribution in [2.75, 3.05) is 20.1 Å². The zero-order valence-corrected chi connectivity index (χ0v) is 11.7. The van der Waals surface area contributed by atoms with Gasteiger partial charge in [0, 0.05) is 19.6 Å². The number of nitrogens with one attached hydrogen (secondary N) is 1. The molecule has 0 amide bonds. The van der Waals surface area contributed by atoms with Crippen molar-refractivity contribution >= 4 is 0 Å². The highest BCUT2D eigenvalue weighted by molar-refractivity contribution is 5.23. The van der Waals surface area contributed by atoms with Crippen LogP contribution < -0.4 is 5.32 Å². The molecule has 0 heterocycles. The third kappa shape index (κ3) is 5.33. The zero-order chi connectivity index (χ0) is 12.7. The zero-order valence-electron chi connectivity index (χ0n) is 11.7. The van der Waals surface area contributed by atoms with E-state index in [1.807, 2.05) is 7.05 Å². The molecule has 0 fully saturated rings. The average Bonchev–Trinajstić information content (AvgIpc) is 2.28. The van der Waals surface area contributed by atoms with Gasteiger partial charge in [-0.1, -0.05) is 45.0 Å². The normalized spacial score (nSPS) is 11.4. The van der Waals surface area contributed by atoms with Gasteiger partial charge in [0.15, 0.2) is 0 Å². The molecule has 0 atom stereocenters. The van der Waals surface area contributed by atoms with E-state index in [0.717, 1.165) is 25.6 Å². The lowest BCUT2D eigenvalue weighted by molar-refractivity contribution is 0.248. The summed E-state index contributed by atoms with van der Waals surface area (Å²) in [4.78, 5) is 2.50. The Kier molecular flexibility index (Phi) is 6.23. The van der Waals surface area contributed by atoms with Crippen LogP contribution in [0.15, 0.2) is 24.3 Å². The van der Waals surface area contributed by atoms with E-state index < -0.39 is 0 Å². The average molecular weight is 234 g/mol. The summed E-state index contributed by atoms with van der Waals surface area (Å²) in [6.07, 6.45) is 0. The maximum Gasteiger partial charge on any atom is 0.0233 e. The summed E-state index contributed by atoms with van der Waals surface area (Å²) < 4.78 is 0. The minimum absolute atomic E-state index is 0.732. The first kappa shape index (κ1) is 14.2. The highest BCUT2D eigenvalue weighted by Crippen LogP contribution is 2.10. The third-order valence-corrected chi connectivity index (χ3v) is 2.85. The molecule has 1 N–H and O–H groups in total. The number of nitrogens with zero attached hydrogens (tertiary/aromatic N) is 1. The van der Waals surface area contributed by atoms with Gasteiger partial charge in [-0.3, -0.25) is 4.90 Å². The molecule has 0 bridgehead atoms. The quantitative estimate of drug-likeness (QED) is 0.780. The fourth-order valence-electron chi connectivity index (χ4n) is 2.12. The van der Waals surface area contributed by atoms with Gasteiger partial charge in [-0.05, 0) is 30.6 Å². The standard InChI is InChI=1S/C15H26N2/c1-5-17(11-13(2)3)12-15-8-6-7-14(9-15)10-16-4/h6-9,13,16H,5,10-12H2,1-4H3. The molecule has 0 saturated carbocycles. The molecular weight excluding hydrogens is 208 g/mol. The van der Waals surface area contributed by atoms with Crippen molar-refractivity contribution in [3.63, 3.8) is 0 Å². The Hall–Kier alpha value is -0.860. The number of rotatable bonds is 7. The fraction of sp³-hybridized carbons (Fsp3) is 0.600. The van der Waals surface area contributed by atoms with Crippen LogP contribution in [0.4, 0.5) is 0 Å². The molecule has 0 aliphatic heterocycles. The second-order valence-corrected chi connectivity index (χ2v) is 5.07. The summed E-state index contributed by atoms with van der Waals surface area (Å²) >= 11 is 0. The van der Waals surface area contributed by atoms with Gasteiger partial charge in [0.05, 0.1) is 0 Å². The summed E-state index contributed by atoms with van der Waals surface area (Å²) in [5, 5.41) is 3.20. The molecule has 0 spiro atoms. The Bertz CT molecular complexity index is 320. The number of benzene rings is 1. The van der Waals surface area contributed by atoms with Gasteiger partial charge in [0.2, 0.25) is 0 Å². The lowest BCUT2D eigenvalue weighted by Crippen LogP contribution is -2.27. The Morgan fingerprint density at radius 3 is 2.53 bits per heavy atom. The minimum Gasteiger partial charge on any atom is -0.316 e. The fourth-order valence-corrected chi connectivity index (χ4v) is 2.12. The van der Waals surface area contributed by atoms with Gasteiger partial charge in [0.1, 0.15) is 0 Å². The molecular formula is C15H26N2. The molecule has 2 heteroatoms. The van der Waals surface area contributed by atoms with E-state index in [0.29, 0.717) is 0 Å². The smallest absolute Gasteiger partial charge is 0.0233 e. The van der Waals surface area contributed by atoms with Crippen LogP contribution in [0.2, 0.25) is 0 Å². The first-order valence-electron chi connectivity index (χ1n) is 6.60. The van der Waals surface area contributed by atoms with Crippen molar-refractivity contribution in [1.29, 1.82) is 0 Å². The van der Waals surface area contributed by atoms with E-state index in [9.17, 15) is 0 Å². The van der Waals surface area contributed by atoms with Crippen LogP contribution in [0, 0.1) is 5.92 Å². The molecule has 0 aromatic heterocycles. The molecule has 1 aromatic carbocycles. The first-order chi connectivity index (χ1) is 8.15. The van der Waals surface area contributed by atoms with Crippen molar-refractivity contribution in [1.82, 2.24) is 10.2 Å². The Labute approximate surface area is 106 Å². The highest BCUT2D eigenvalue weighted by Gasteiger charge is 2.06. The summed E-state index contributed by atoms with van der Waals surface area (Å²) in [6, 6.07) is 8.87. The van der Waals surface area contributed by atoms with Crippen molar-refractivity contribution in [3.05, 3.63) is 35.4 Å². The predicted molar refractivity (Wildman–Crippen MR) is 75.0 cm³/mol. The molecule has 96 valence electrons. The number of hydrogen-bond donors (Lipinski definition) is 1. The van der Waals surface area contributed by atoms with Crippen LogP contribution in [0.5, 0.6) is 0 Å². The van der Waals surface area contributed by atoms with Crippen LogP contribution in [-0.4, -0.2) is 25.0 Å². The van der Waals surface area contributed by atoms with E-state index in [-0.39, 0.29) is 0 Å². The molecule has 17 heavy (non-hydrogen) atoms. The first-order valence-corrected chi connectivity index (χ1v) is 6.60. The van der Waals surface area contributed by atoms with Crippen LogP contribution in [0.25, 0.3) is 0 Å². The van der Waals surface area contributed by atoms with Gasteiger partial charge in [-0.15, -0.1) is 0 Å². The lowest BCUT2D eigenvalue weighted by atomic mass is 10.1. The second-order valence-electron chi connectivity index (χ2n) is 5.07. The minimum atomic E-state index is 0.732. The predicted octanol–water partition coefficient (Wildman–Crippen LogP) is 2.88. The van der Waals surface area contributed by atoms with Crippen LogP contribution in [0.1, 0.15) is 31.9 Å². The summed E-state index contributed by atoms with van der Waals surface area (Å²) in [5.74, 6) is 0.732. The molecule has 0 radical (unpaired) electrons. The largest absolute Gasteiger partial charge is 0.316 e. The van der Waals surface area contributed by atoms with Gasteiger partial charge < -0.3 is 5.32 Å². The maximum absolute atomic E-state index is 3.20. The lowest BCUT2D eigenvalue weighted by Gasteiger charge is -2.22. The highest BCUT2D eigenvalue weighted by atomic mass is 15.1. The summed E-state index contributed by atoms with van der Waals surface area (Å²) in [5.41, 5.74) is 2.78. The van der Waals surface area contributed by atoms with E-state index >= 15 is 0 Å². The molecule has 0 saturated heterocycles. The molecule has 2 nitrogen and oxygen atoms in total. The molecule has 1 rings (SSSR count). The summed E-state index contributed by atoms with van der Waals surface area (Å²) in [7, 11) is 1.99. The summed E-state index contributed by atoms with van der Waals surface area (Å²) in [6.45, 7) is 11.1. The van der Waals surface area contributed by atoms with E-state index in [4.69, 9.17) is 0 Å². The van der Waals surface area contributed by atoms with Crippen molar-refractivity contribution in [3.8, 4) is 0 Å². The van der Waals surface area contributed by atoms with Gasteiger partial charge in [-0.2, -0.15) is 0 Å². The molecule has 0 aliphatic carbocycles. The van der Waals surface area contributed by atoms with Gasteiger partial charge >= 0.3 is 0 Å². The maximum atomic E-state index is 3.20. The van der Waals surface area contributed by atoms with E-state index in [1.54, 1.807) is 0 Å². The topological polar surface area (TPSA) is 15.3 Å². The van der Waals surface area contributed by atoms with Crippen LogP contribution in [0.3, 0.4) is 0 Å². The number of hydrogen-bond acceptors (Lipinski definition) is 2. The third-order valence-electron chi connectivity index (χ3n) is 2.85. The van der Waals surface area contributed by atoms with Gasteiger partial charge in [0.25, 0.3) is 0 Å². The van der Waals surface area contributed by atoms with E-state index in [2.05, 4.69) is 55.3 Å². The van der Waals surface area contributed by atoms with Crippen LogP contribution >= 0.6 is 0 Å². The second kappa shape index (κ2) is 7.46. The molecule has 0 unspecified atom stereocenters. The Balaban J connectivity index is 2.62. The van der Waals surface area contributed by atoms with Crippen molar-refractivity contribution in [2.24, 2.45) is 5.92 Å². The van der Waals surface area contributed by atoms with Crippen molar-refractivity contribution in [2.45, 2.75) is 33.9 Å². The Morgan fingerprint density at radius 2 is 1.94 bits per heavy atom. The van der Waals surface area contributed by atoms with Gasteiger partial charge in [-0.25, -0.2) is 0 Å². The van der Waals surface area contributed by atoms with E-state index in [1.165, 1.54) is 17.7 Å². The molecule has 0 aliphatic rings.